The van der Waals surface area contributed by atoms with E-state index in [1.807, 2.05) is 17.9 Å². The van der Waals surface area contributed by atoms with Crippen molar-refractivity contribution in [2.24, 2.45) is 5.92 Å². The Bertz CT molecular complexity index is 280. The predicted octanol–water partition coefficient (Wildman–Crippen LogP) is 0.0340. The Balaban J connectivity index is 1.88. The molecule has 1 aliphatic rings. The minimum atomic E-state index is 0.610. The van der Waals surface area contributed by atoms with E-state index in [1.54, 1.807) is 0 Å². The zero-order chi connectivity index (χ0) is 9.80. The highest BCUT2D eigenvalue weighted by Crippen LogP contribution is 2.13. The van der Waals surface area contributed by atoms with E-state index in [0.29, 0.717) is 5.92 Å². The molecule has 1 aromatic heterocycles. The molecule has 0 amide bonds. The standard InChI is InChI=1S/C9H16N4O/c1-10-4-9-6-13(12-11-9)5-8-2-3-14-7-8/h6,8,10H,2-5,7H2,1H3. The van der Waals surface area contributed by atoms with E-state index in [4.69, 9.17) is 4.74 Å². The SMILES string of the molecule is CNCc1cn(CC2CCOC2)nn1. The van der Waals surface area contributed by atoms with E-state index >= 15 is 0 Å². The molecule has 0 aliphatic carbocycles. The van der Waals surface area contributed by atoms with Crippen molar-refractivity contribution >= 4 is 0 Å². The normalized spacial score (nSPS) is 21.6. The first-order chi connectivity index (χ1) is 6.88. The molecule has 0 bridgehead atoms. The van der Waals surface area contributed by atoms with Crippen LogP contribution in [0.25, 0.3) is 0 Å². The Morgan fingerprint density at radius 2 is 2.64 bits per heavy atom. The number of hydrogen-bond donors (Lipinski definition) is 1. The van der Waals surface area contributed by atoms with Gasteiger partial charge in [-0.15, -0.1) is 5.10 Å². The number of nitrogens with zero attached hydrogens (tertiary/aromatic N) is 3. The summed E-state index contributed by atoms with van der Waals surface area (Å²) in [5.41, 5.74) is 0.992. The average molecular weight is 196 g/mol. The molecule has 5 nitrogen and oxygen atoms in total. The summed E-state index contributed by atoms with van der Waals surface area (Å²) in [6, 6.07) is 0. The third-order valence-electron chi connectivity index (χ3n) is 2.41. The van der Waals surface area contributed by atoms with Crippen molar-refractivity contribution in [2.75, 3.05) is 20.3 Å². The molecule has 0 spiro atoms. The summed E-state index contributed by atoms with van der Waals surface area (Å²) in [5, 5.41) is 11.2. The van der Waals surface area contributed by atoms with E-state index in [9.17, 15) is 0 Å². The van der Waals surface area contributed by atoms with Crippen molar-refractivity contribution < 1.29 is 4.74 Å². The lowest BCUT2D eigenvalue weighted by molar-refractivity contribution is 0.181. The van der Waals surface area contributed by atoms with Gasteiger partial charge in [0.2, 0.25) is 0 Å². The van der Waals surface area contributed by atoms with Crippen LogP contribution in [0.4, 0.5) is 0 Å². The molecule has 1 N–H and O–H groups in total. The maximum atomic E-state index is 5.31. The summed E-state index contributed by atoms with van der Waals surface area (Å²) in [7, 11) is 1.91. The Morgan fingerprint density at radius 1 is 1.71 bits per heavy atom. The van der Waals surface area contributed by atoms with Crippen molar-refractivity contribution in [3.63, 3.8) is 0 Å². The lowest BCUT2D eigenvalue weighted by Gasteiger charge is -2.05. The summed E-state index contributed by atoms with van der Waals surface area (Å²) in [6.07, 6.45) is 3.13. The van der Waals surface area contributed by atoms with Crippen LogP contribution in [-0.4, -0.2) is 35.3 Å². The highest BCUT2D eigenvalue weighted by atomic mass is 16.5. The van der Waals surface area contributed by atoms with Gasteiger partial charge in [-0.3, -0.25) is 4.68 Å². The zero-order valence-electron chi connectivity index (χ0n) is 8.44. The number of rotatable bonds is 4. The molecule has 0 saturated carbocycles. The topological polar surface area (TPSA) is 52.0 Å². The second kappa shape index (κ2) is 4.52. The van der Waals surface area contributed by atoms with Crippen LogP contribution in [0.15, 0.2) is 6.20 Å². The van der Waals surface area contributed by atoms with Crippen molar-refractivity contribution in [1.82, 2.24) is 20.3 Å². The van der Waals surface area contributed by atoms with Gasteiger partial charge in [-0.25, -0.2) is 0 Å². The summed E-state index contributed by atoms with van der Waals surface area (Å²) >= 11 is 0. The molecule has 1 unspecified atom stereocenters. The summed E-state index contributed by atoms with van der Waals surface area (Å²) in [6.45, 7) is 3.46. The lowest BCUT2D eigenvalue weighted by atomic mass is 10.1. The number of aromatic nitrogens is 3. The maximum absolute atomic E-state index is 5.31. The molecule has 1 fully saturated rings. The van der Waals surface area contributed by atoms with Crippen molar-refractivity contribution in [3.8, 4) is 0 Å². The van der Waals surface area contributed by atoms with Gasteiger partial charge in [-0.2, -0.15) is 0 Å². The third kappa shape index (κ3) is 2.30. The fraction of sp³-hybridized carbons (Fsp3) is 0.778. The summed E-state index contributed by atoms with van der Waals surface area (Å²) in [5.74, 6) is 0.610. The van der Waals surface area contributed by atoms with Gasteiger partial charge in [0, 0.05) is 31.8 Å². The number of ether oxygens (including phenoxy) is 1. The Morgan fingerprint density at radius 3 is 3.36 bits per heavy atom. The molecule has 14 heavy (non-hydrogen) atoms. The van der Waals surface area contributed by atoms with Crippen LogP contribution in [0.3, 0.4) is 0 Å². The fourth-order valence-corrected chi connectivity index (χ4v) is 1.68. The highest BCUT2D eigenvalue weighted by Gasteiger charge is 2.16. The molecule has 0 aromatic carbocycles. The second-order valence-electron chi connectivity index (χ2n) is 3.69. The van der Waals surface area contributed by atoms with Gasteiger partial charge in [0.05, 0.1) is 12.3 Å². The largest absolute Gasteiger partial charge is 0.381 e. The van der Waals surface area contributed by atoms with E-state index in [1.165, 1.54) is 0 Å². The highest BCUT2D eigenvalue weighted by molar-refractivity contribution is 4.91. The van der Waals surface area contributed by atoms with Crippen LogP contribution in [0.5, 0.6) is 0 Å². The summed E-state index contributed by atoms with van der Waals surface area (Å²) < 4.78 is 7.22. The third-order valence-corrected chi connectivity index (χ3v) is 2.41. The minimum Gasteiger partial charge on any atom is -0.381 e. The van der Waals surface area contributed by atoms with Gasteiger partial charge in [-0.1, -0.05) is 5.21 Å². The van der Waals surface area contributed by atoms with Gasteiger partial charge < -0.3 is 10.1 Å². The first-order valence-corrected chi connectivity index (χ1v) is 5.00. The molecular weight excluding hydrogens is 180 g/mol. The second-order valence-corrected chi connectivity index (χ2v) is 3.69. The molecule has 2 rings (SSSR count). The Hall–Kier alpha value is -0.940. The lowest BCUT2D eigenvalue weighted by Crippen LogP contribution is -2.11. The first kappa shape index (κ1) is 9.61. The van der Waals surface area contributed by atoms with Crippen LogP contribution < -0.4 is 5.32 Å². The van der Waals surface area contributed by atoms with Crippen molar-refractivity contribution in [1.29, 1.82) is 0 Å². The first-order valence-electron chi connectivity index (χ1n) is 5.00. The Labute approximate surface area is 83.4 Å². The number of nitrogens with one attached hydrogen (secondary N) is 1. The monoisotopic (exact) mass is 196 g/mol. The van der Waals surface area contributed by atoms with Gasteiger partial charge >= 0.3 is 0 Å². The zero-order valence-corrected chi connectivity index (χ0v) is 8.44. The predicted molar refractivity (Wildman–Crippen MR) is 51.7 cm³/mol. The molecule has 2 heterocycles. The van der Waals surface area contributed by atoms with E-state index < -0.39 is 0 Å². The van der Waals surface area contributed by atoms with Gasteiger partial charge in [-0.05, 0) is 13.5 Å². The molecule has 78 valence electrons. The van der Waals surface area contributed by atoms with Crippen LogP contribution >= 0.6 is 0 Å². The van der Waals surface area contributed by atoms with Crippen LogP contribution in [-0.2, 0) is 17.8 Å². The molecular formula is C9H16N4O. The summed E-state index contributed by atoms with van der Waals surface area (Å²) in [4.78, 5) is 0. The number of hydrogen-bond acceptors (Lipinski definition) is 4. The van der Waals surface area contributed by atoms with Gasteiger partial charge in [0.25, 0.3) is 0 Å². The van der Waals surface area contributed by atoms with E-state index in [-0.39, 0.29) is 0 Å². The molecule has 1 aliphatic heterocycles. The average Bonchev–Trinajstić information content (AvgIpc) is 2.79. The van der Waals surface area contributed by atoms with E-state index in [0.717, 1.165) is 38.4 Å². The molecule has 0 radical (unpaired) electrons. The Kier molecular flexibility index (Phi) is 3.10. The van der Waals surface area contributed by atoms with E-state index in [2.05, 4.69) is 15.6 Å². The van der Waals surface area contributed by atoms with Crippen molar-refractivity contribution in [2.45, 2.75) is 19.5 Å². The van der Waals surface area contributed by atoms with Gasteiger partial charge in [0.15, 0.2) is 0 Å². The molecule has 1 saturated heterocycles. The molecule has 1 atom stereocenters. The van der Waals surface area contributed by atoms with Crippen LogP contribution in [0.1, 0.15) is 12.1 Å². The molecule has 5 heteroatoms. The smallest absolute Gasteiger partial charge is 0.0964 e. The van der Waals surface area contributed by atoms with Crippen molar-refractivity contribution in [3.05, 3.63) is 11.9 Å². The minimum absolute atomic E-state index is 0.610. The molecule has 1 aromatic rings. The quantitative estimate of drug-likeness (QED) is 0.738. The van der Waals surface area contributed by atoms with Crippen LogP contribution in [0, 0.1) is 5.92 Å². The maximum Gasteiger partial charge on any atom is 0.0964 e. The fourth-order valence-electron chi connectivity index (χ4n) is 1.68. The van der Waals surface area contributed by atoms with Gasteiger partial charge in [0.1, 0.15) is 0 Å². The van der Waals surface area contributed by atoms with Crippen LogP contribution in [0.2, 0.25) is 0 Å².